The third-order valence-electron chi connectivity index (χ3n) is 2.61. The van der Waals surface area contributed by atoms with E-state index in [0.717, 1.165) is 19.5 Å². The van der Waals surface area contributed by atoms with Crippen LogP contribution in [-0.4, -0.2) is 46.3 Å². The number of carboxylic acid groups (broad SMARTS) is 1. The van der Waals surface area contributed by atoms with E-state index in [1.54, 1.807) is 0 Å². The number of carbonyl (C=O) groups is 1. The van der Waals surface area contributed by atoms with Crippen LogP contribution in [0.5, 0.6) is 0 Å². The van der Waals surface area contributed by atoms with Gasteiger partial charge in [0, 0.05) is 13.0 Å². The molecule has 1 aromatic rings. The van der Waals surface area contributed by atoms with Gasteiger partial charge in [-0.3, -0.25) is 0 Å². The molecule has 1 fully saturated rings. The Kier molecular flexibility index (Phi) is 2.68. The Hall–Kier alpha value is -1.43. The molecule has 0 amide bonds. The number of likely N-dealkylation sites (tertiary alicyclic amines) is 1. The van der Waals surface area contributed by atoms with E-state index in [9.17, 15) is 4.79 Å². The number of aromatic nitrogens is 2. The summed E-state index contributed by atoms with van der Waals surface area (Å²) in [5.74, 6) is -0.477. The monoisotopic (exact) mass is 211 g/mol. The summed E-state index contributed by atoms with van der Waals surface area (Å²) in [7, 11) is 2.07. The topological polar surface area (TPSA) is 79.5 Å². The Morgan fingerprint density at radius 2 is 2.53 bits per heavy atom. The molecule has 0 bridgehead atoms. The fourth-order valence-electron chi connectivity index (χ4n) is 1.86. The first-order valence-corrected chi connectivity index (χ1v) is 4.89. The van der Waals surface area contributed by atoms with Crippen molar-refractivity contribution in [2.75, 3.05) is 20.1 Å². The Labute approximate surface area is 86.9 Å². The number of rotatable bonds is 3. The van der Waals surface area contributed by atoms with Crippen molar-refractivity contribution in [3.8, 4) is 0 Å². The molecular formula is C9H13N3O3. The maximum absolute atomic E-state index is 10.5. The molecule has 6 heteroatoms. The molecule has 1 unspecified atom stereocenters. The molecule has 1 saturated heterocycles. The van der Waals surface area contributed by atoms with Crippen molar-refractivity contribution in [1.29, 1.82) is 0 Å². The van der Waals surface area contributed by atoms with Crippen molar-refractivity contribution in [2.45, 2.75) is 12.8 Å². The molecule has 2 rings (SSSR count). The molecule has 0 saturated carbocycles. The van der Waals surface area contributed by atoms with Gasteiger partial charge in [-0.05, 0) is 31.1 Å². The van der Waals surface area contributed by atoms with Crippen LogP contribution in [-0.2, 0) is 6.42 Å². The lowest BCUT2D eigenvalue weighted by Gasteiger charge is -2.06. The van der Waals surface area contributed by atoms with Crippen molar-refractivity contribution < 1.29 is 14.4 Å². The summed E-state index contributed by atoms with van der Waals surface area (Å²) in [6.07, 6.45) is 1.77. The van der Waals surface area contributed by atoms with Gasteiger partial charge >= 0.3 is 5.97 Å². The van der Waals surface area contributed by atoms with E-state index < -0.39 is 5.97 Å². The Balaban J connectivity index is 1.96. The van der Waals surface area contributed by atoms with Gasteiger partial charge in [-0.25, -0.2) is 4.79 Å². The SMILES string of the molecule is CN1CCC(Cc2nc(C(=O)O)no2)C1. The highest BCUT2D eigenvalue weighted by Crippen LogP contribution is 2.18. The van der Waals surface area contributed by atoms with Crippen LogP contribution in [0.25, 0.3) is 0 Å². The minimum Gasteiger partial charge on any atom is -0.475 e. The standard InChI is InChI=1S/C9H13N3O3/c1-12-3-2-6(5-12)4-7-10-8(9(13)14)11-15-7/h6H,2-5H2,1H3,(H,13,14). The first kappa shape index (κ1) is 10.1. The van der Waals surface area contributed by atoms with Crippen molar-refractivity contribution in [1.82, 2.24) is 15.0 Å². The normalized spacial score (nSPS) is 22.1. The summed E-state index contributed by atoms with van der Waals surface area (Å²) in [6.45, 7) is 2.08. The third kappa shape index (κ3) is 2.33. The van der Waals surface area contributed by atoms with Gasteiger partial charge < -0.3 is 14.5 Å². The number of hydrogen-bond acceptors (Lipinski definition) is 5. The molecule has 1 aliphatic rings. The van der Waals surface area contributed by atoms with Crippen LogP contribution in [0.3, 0.4) is 0 Å². The maximum Gasteiger partial charge on any atom is 0.377 e. The van der Waals surface area contributed by atoms with Crippen LogP contribution in [0.1, 0.15) is 22.9 Å². The summed E-state index contributed by atoms with van der Waals surface area (Å²) < 4.78 is 4.86. The zero-order chi connectivity index (χ0) is 10.8. The zero-order valence-electron chi connectivity index (χ0n) is 8.51. The molecule has 2 heterocycles. The number of aromatic carboxylic acids is 1. The van der Waals surface area contributed by atoms with Gasteiger partial charge in [0.05, 0.1) is 0 Å². The molecule has 0 aromatic carbocycles. The summed E-state index contributed by atoms with van der Waals surface area (Å²) >= 11 is 0. The lowest BCUT2D eigenvalue weighted by Crippen LogP contribution is -2.15. The minimum atomic E-state index is -1.14. The Morgan fingerprint density at radius 1 is 1.73 bits per heavy atom. The molecule has 82 valence electrons. The van der Waals surface area contributed by atoms with Gasteiger partial charge in [0.25, 0.3) is 5.82 Å². The zero-order valence-corrected chi connectivity index (χ0v) is 8.51. The van der Waals surface area contributed by atoms with Crippen molar-refractivity contribution in [3.05, 3.63) is 11.7 Å². The van der Waals surface area contributed by atoms with Crippen molar-refractivity contribution >= 4 is 5.97 Å². The molecule has 1 aromatic heterocycles. The van der Waals surface area contributed by atoms with Crippen LogP contribution >= 0.6 is 0 Å². The van der Waals surface area contributed by atoms with E-state index in [2.05, 4.69) is 22.1 Å². The third-order valence-corrected chi connectivity index (χ3v) is 2.61. The second-order valence-electron chi connectivity index (χ2n) is 3.94. The highest BCUT2D eigenvalue weighted by molar-refractivity contribution is 5.82. The average molecular weight is 211 g/mol. The molecule has 15 heavy (non-hydrogen) atoms. The fourth-order valence-corrected chi connectivity index (χ4v) is 1.86. The van der Waals surface area contributed by atoms with Crippen molar-refractivity contribution in [3.63, 3.8) is 0 Å². The summed E-state index contributed by atoms with van der Waals surface area (Å²) in [6, 6.07) is 0. The quantitative estimate of drug-likeness (QED) is 0.772. The predicted molar refractivity (Wildman–Crippen MR) is 50.6 cm³/mol. The Morgan fingerprint density at radius 3 is 3.07 bits per heavy atom. The van der Waals surface area contributed by atoms with E-state index in [-0.39, 0.29) is 5.82 Å². The van der Waals surface area contributed by atoms with Gasteiger partial charge in [0.15, 0.2) is 0 Å². The predicted octanol–water partition coefficient (Wildman–Crippen LogP) is 0.262. The van der Waals surface area contributed by atoms with Crippen LogP contribution in [0.2, 0.25) is 0 Å². The van der Waals surface area contributed by atoms with Gasteiger partial charge in [-0.15, -0.1) is 0 Å². The second kappa shape index (κ2) is 3.98. The summed E-state index contributed by atoms with van der Waals surface area (Å²) in [5, 5.41) is 12.0. The first-order chi connectivity index (χ1) is 7.15. The van der Waals surface area contributed by atoms with Gasteiger partial charge in [-0.1, -0.05) is 0 Å². The Bertz CT molecular complexity index is 363. The number of carboxylic acids is 1. The minimum absolute atomic E-state index is 0.253. The van der Waals surface area contributed by atoms with Crippen LogP contribution < -0.4 is 0 Å². The van der Waals surface area contributed by atoms with E-state index in [4.69, 9.17) is 9.63 Å². The van der Waals surface area contributed by atoms with Gasteiger partial charge in [-0.2, -0.15) is 4.98 Å². The van der Waals surface area contributed by atoms with Gasteiger partial charge in [0.2, 0.25) is 5.89 Å². The fraction of sp³-hybridized carbons (Fsp3) is 0.667. The smallest absolute Gasteiger partial charge is 0.377 e. The largest absolute Gasteiger partial charge is 0.475 e. The van der Waals surface area contributed by atoms with E-state index in [0.29, 0.717) is 18.2 Å². The summed E-state index contributed by atoms with van der Waals surface area (Å²) in [5.41, 5.74) is 0. The number of hydrogen-bond donors (Lipinski definition) is 1. The van der Waals surface area contributed by atoms with Crippen LogP contribution in [0.4, 0.5) is 0 Å². The van der Waals surface area contributed by atoms with E-state index in [1.807, 2.05) is 0 Å². The van der Waals surface area contributed by atoms with E-state index in [1.165, 1.54) is 0 Å². The molecule has 1 aliphatic heterocycles. The highest BCUT2D eigenvalue weighted by atomic mass is 16.5. The molecule has 1 N–H and O–H groups in total. The van der Waals surface area contributed by atoms with Gasteiger partial charge in [0.1, 0.15) is 0 Å². The lowest BCUT2D eigenvalue weighted by atomic mass is 10.1. The molecule has 0 aliphatic carbocycles. The van der Waals surface area contributed by atoms with Crippen molar-refractivity contribution in [2.24, 2.45) is 5.92 Å². The molecule has 0 spiro atoms. The highest BCUT2D eigenvalue weighted by Gasteiger charge is 2.23. The average Bonchev–Trinajstić information content (AvgIpc) is 2.76. The summed E-state index contributed by atoms with van der Waals surface area (Å²) in [4.78, 5) is 16.5. The molecule has 6 nitrogen and oxygen atoms in total. The maximum atomic E-state index is 10.5. The molecule has 1 atom stereocenters. The van der Waals surface area contributed by atoms with E-state index >= 15 is 0 Å². The second-order valence-corrected chi connectivity index (χ2v) is 3.94. The van der Waals surface area contributed by atoms with Crippen LogP contribution in [0, 0.1) is 5.92 Å². The first-order valence-electron chi connectivity index (χ1n) is 4.89. The molecular weight excluding hydrogens is 198 g/mol. The lowest BCUT2D eigenvalue weighted by molar-refractivity contribution is 0.0680. The van der Waals surface area contributed by atoms with Crippen LogP contribution in [0.15, 0.2) is 4.52 Å². The number of nitrogens with zero attached hydrogens (tertiary/aromatic N) is 3. The molecule has 0 radical (unpaired) electrons.